The molecule has 0 unspecified atom stereocenters. The van der Waals surface area contributed by atoms with E-state index in [1.54, 1.807) is 18.2 Å². The quantitative estimate of drug-likeness (QED) is 0.271. The molecule has 0 aromatic heterocycles. The molecule has 0 bridgehead atoms. The molecule has 9 heteroatoms. The molecule has 3 aromatic rings. The Kier molecular flexibility index (Phi) is 7.79. The highest BCUT2D eigenvalue weighted by molar-refractivity contribution is 8.27. The third kappa shape index (κ3) is 5.88. The Morgan fingerprint density at radius 2 is 1.72 bits per heavy atom. The van der Waals surface area contributed by atoms with E-state index in [1.807, 2.05) is 75.4 Å². The van der Waals surface area contributed by atoms with E-state index < -0.39 is 5.91 Å². The molecule has 0 spiro atoms. The molecule has 1 amide bonds. The van der Waals surface area contributed by atoms with Gasteiger partial charge in [0.1, 0.15) is 24.0 Å². The highest BCUT2D eigenvalue weighted by Gasteiger charge is 2.36. The summed E-state index contributed by atoms with van der Waals surface area (Å²) in [5, 5.41) is 15.8. The van der Waals surface area contributed by atoms with Gasteiger partial charge in [-0.2, -0.15) is 15.1 Å². The van der Waals surface area contributed by atoms with Crippen molar-refractivity contribution in [1.82, 2.24) is 5.01 Å². The smallest absolute Gasteiger partial charge is 0.283 e. The van der Waals surface area contributed by atoms with Gasteiger partial charge in [0.25, 0.3) is 5.91 Å². The largest absolute Gasteiger partial charge is 0.490 e. The van der Waals surface area contributed by atoms with Crippen molar-refractivity contribution in [1.29, 1.82) is 5.41 Å². The number of hydrazone groups is 1. The molecule has 0 radical (unpaired) electrons. The lowest BCUT2D eigenvalue weighted by atomic mass is 10.1. The molecule has 3 aromatic carbocycles. The number of benzene rings is 3. The Morgan fingerprint density at radius 1 is 0.949 bits per heavy atom. The fraction of sp³-hybridized carbons (Fsp3) is 0.200. The van der Waals surface area contributed by atoms with Crippen molar-refractivity contribution in [2.75, 3.05) is 19.8 Å². The molecule has 198 valence electrons. The van der Waals surface area contributed by atoms with Crippen LogP contribution in [0.15, 0.2) is 82.4 Å². The Balaban J connectivity index is 1.31. The number of thioether (sulfide) groups is 1. The zero-order valence-corrected chi connectivity index (χ0v) is 22.7. The van der Waals surface area contributed by atoms with Gasteiger partial charge in [0.05, 0.1) is 12.2 Å². The molecule has 8 nitrogen and oxygen atoms in total. The fourth-order valence-corrected chi connectivity index (χ4v) is 5.01. The summed E-state index contributed by atoms with van der Waals surface area (Å²) in [7, 11) is 0. The summed E-state index contributed by atoms with van der Waals surface area (Å²) in [5.41, 5.74) is 4.02. The summed E-state index contributed by atoms with van der Waals surface area (Å²) in [6.45, 7) is 7.08. The monoisotopic (exact) mass is 540 g/mol. The number of carbonyl (C=O) groups is 1. The standard InChI is InChI=1S/C30H28N4O4S/c1-4-36-26-18-21(11-14-25(26)38-16-15-37-22-12-9-19(2)10-13-22)17-24-27(31)34-30(32-28(24)35)39-29(33-34)23-8-6-5-7-20(23)3/h5-14,17-18,31H,4,15-16H2,1-3H3. The van der Waals surface area contributed by atoms with E-state index in [0.29, 0.717) is 47.1 Å². The van der Waals surface area contributed by atoms with Gasteiger partial charge in [0.2, 0.25) is 5.17 Å². The summed E-state index contributed by atoms with van der Waals surface area (Å²) >= 11 is 1.29. The molecule has 0 aliphatic carbocycles. The van der Waals surface area contributed by atoms with Crippen LogP contribution in [0.5, 0.6) is 17.2 Å². The highest BCUT2D eigenvalue weighted by atomic mass is 32.2. The molecular weight excluding hydrogens is 512 g/mol. The van der Waals surface area contributed by atoms with Crippen LogP contribution in [0.3, 0.4) is 0 Å². The van der Waals surface area contributed by atoms with Crippen molar-refractivity contribution in [3.63, 3.8) is 0 Å². The van der Waals surface area contributed by atoms with Crippen LogP contribution >= 0.6 is 11.8 Å². The van der Waals surface area contributed by atoms with E-state index in [0.717, 1.165) is 16.9 Å². The molecule has 2 aliphatic rings. The minimum Gasteiger partial charge on any atom is -0.490 e. The van der Waals surface area contributed by atoms with E-state index in [1.165, 1.54) is 22.3 Å². The topological polar surface area (TPSA) is 96.6 Å². The Labute approximate surface area is 231 Å². The van der Waals surface area contributed by atoms with Gasteiger partial charge < -0.3 is 14.2 Å². The third-order valence-corrected chi connectivity index (χ3v) is 6.98. The average Bonchev–Trinajstić information content (AvgIpc) is 3.35. The first-order chi connectivity index (χ1) is 18.9. The van der Waals surface area contributed by atoms with Crippen LogP contribution in [0.25, 0.3) is 6.08 Å². The van der Waals surface area contributed by atoms with Crippen LogP contribution in [-0.4, -0.2) is 46.8 Å². The number of amides is 1. The number of aliphatic imine (C=N–C) groups is 1. The van der Waals surface area contributed by atoms with Crippen molar-refractivity contribution in [3.8, 4) is 17.2 Å². The first-order valence-corrected chi connectivity index (χ1v) is 13.4. The first kappa shape index (κ1) is 26.2. The summed E-state index contributed by atoms with van der Waals surface area (Å²) in [4.78, 5) is 17.1. The normalized spacial score (nSPS) is 15.7. The maximum atomic E-state index is 12.9. The molecule has 2 heterocycles. The molecule has 0 atom stereocenters. The summed E-state index contributed by atoms with van der Waals surface area (Å²) in [6, 6.07) is 21.1. The summed E-state index contributed by atoms with van der Waals surface area (Å²) < 4.78 is 17.4. The van der Waals surface area contributed by atoms with Gasteiger partial charge in [-0.25, -0.2) is 0 Å². The second-order valence-corrected chi connectivity index (χ2v) is 9.85. The predicted octanol–water partition coefficient (Wildman–Crippen LogP) is 5.83. The van der Waals surface area contributed by atoms with E-state index in [4.69, 9.17) is 19.6 Å². The molecular formula is C30H28N4O4S. The van der Waals surface area contributed by atoms with Gasteiger partial charge in [-0.05, 0) is 74.0 Å². The minimum atomic E-state index is -0.480. The van der Waals surface area contributed by atoms with E-state index in [2.05, 4.69) is 10.1 Å². The zero-order chi connectivity index (χ0) is 27.4. The van der Waals surface area contributed by atoms with E-state index >= 15 is 0 Å². The molecule has 39 heavy (non-hydrogen) atoms. The van der Waals surface area contributed by atoms with Gasteiger partial charge in [-0.15, -0.1) is 0 Å². The number of aryl methyl sites for hydroxylation is 2. The molecule has 0 saturated carbocycles. The minimum absolute atomic E-state index is 0.0207. The van der Waals surface area contributed by atoms with Gasteiger partial charge in [0.15, 0.2) is 17.3 Å². The van der Waals surface area contributed by atoms with Crippen molar-refractivity contribution in [2.24, 2.45) is 10.1 Å². The first-order valence-electron chi connectivity index (χ1n) is 12.6. The number of hydrogen-bond acceptors (Lipinski definition) is 7. The molecule has 5 rings (SSSR count). The average molecular weight is 541 g/mol. The third-order valence-electron chi connectivity index (χ3n) is 6.04. The zero-order valence-electron chi connectivity index (χ0n) is 21.9. The van der Waals surface area contributed by atoms with Crippen molar-refractivity contribution >= 4 is 39.8 Å². The Hall–Kier alpha value is -4.37. The number of hydrogen-bond donors (Lipinski definition) is 1. The van der Waals surface area contributed by atoms with Gasteiger partial charge in [-0.1, -0.05) is 48.0 Å². The lowest BCUT2D eigenvalue weighted by Gasteiger charge is -2.20. The van der Waals surface area contributed by atoms with E-state index in [-0.39, 0.29) is 11.4 Å². The maximum absolute atomic E-state index is 12.9. The second kappa shape index (κ2) is 11.6. The van der Waals surface area contributed by atoms with Crippen LogP contribution in [0.2, 0.25) is 0 Å². The van der Waals surface area contributed by atoms with Crippen LogP contribution in [-0.2, 0) is 4.79 Å². The predicted molar refractivity (Wildman–Crippen MR) is 155 cm³/mol. The van der Waals surface area contributed by atoms with Gasteiger partial charge >= 0.3 is 0 Å². The molecule has 0 fully saturated rings. The highest BCUT2D eigenvalue weighted by Crippen LogP contribution is 2.33. The van der Waals surface area contributed by atoms with Crippen LogP contribution in [0, 0.1) is 19.3 Å². The molecule has 0 saturated heterocycles. The van der Waals surface area contributed by atoms with Crippen LogP contribution in [0.1, 0.15) is 29.2 Å². The molecule has 2 aliphatic heterocycles. The lowest BCUT2D eigenvalue weighted by molar-refractivity contribution is -0.114. The number of fused-ring (bicyclic) bond motifs is 1. The SMILES string of the molecule is CCOc1cc(C=C2C(=N)N3N=C(c4ccccc4C)SC3=NC2=O)ccc1OCCOc1ccc(C)cc1. The van der Waals surface area contributed by atoms with Crippen molar-refractivity contribution < 1.29 is 19.0 Å². The number of amidine groups is 2. The maximum Gasteiger partial charge on any atom is 0.283 e. The number of nitrogens with zero attached hydrogens (tertiary/aromatic N) is 3. The van der Waals surface area contributed by atoms with E-state index in [9.17, 15) is 4.79 Å². The summed E-state index contributed by atoms with van der Waals surface area (Å²) in [5.74, 6) is 1.39. The number of carbonyl (C=O) groups excluding carboxylic acids is 1. The van der Waals surface area contributed by atoms with Crippen LogP contribution in [0.4, 0.5) is 0 Å². The lowest BCUT2D eigenvalue weighted by Crippen LogP contribution is -2.35. The van der Waals surface area contributed by atoms with Gasteiger partial charge in [-0.3, -0.25) is 10.2 Å². The molecule has 1 N–H and O–H groups in total. The number of ether oxygens (including phenoxy) is 3. The second-order valence-electron chi connectivity index (χ2n) is 8.89. The van der Waals surface area contributed by atoms with Crippen molar-refractivity contribution in [2.45, 2.75) is 20.8 Å². The number of rotatable bonds is 9. The van der Waals surface area contributed by atoms with Crippen LogP contribution < -0.4 is 14.2 Å². The van der Waals surface area contributed by atoms with Crippen molar-refractivity contribution in [3.05, 3.63) is 94.6 Å². The number of nitrogens with one attached hydrogen (secondary N) is 1. The Bertz CT molecular complexity index is 1510. The van der Waals surface area contributed by atoms with Gasteiger partial charge in [0, 0.05) is 5.56 Å². The summed E-state index contributed by atoms with van der Waals surface area (Å²) in [6.07, 6.45) is 1.63. The Morgan fingerprint density at radius 3 is 2.49 bits per heavy atom. The fourth-order valence-electron chi connectivity index (χ4n) is 4.03.